The molecule has 0 radical (unpaired) electrons. The third kappa shape index (κ3) is 4.85. The van der Waals surface area contributed by atoms with Gasteiger partial charge in [0.1, 0.15) is 0 Å². The van der Waals surface area contributed by atoms with Crippen LogP contribution in [0, 0.1) is 10.1 Å². The molecule has 122 valence electrons. The topological polar surface area (TPSA) is 86.5 Å². The van der Waals surface area contributed by atoms with E-state index in [2.05, 4.69) is 15.9 Å². The minimum atomic E-state index is -0.753. The van der Waals surface area contributed by atoms with Crippen molar-refractivity contribution in [2.75, 3.05) is 6.61 Å². The van der Waals surface area contributed by atoms with Crippen molar-refractivity contribution in [3.63, 3.8) is 0 Å². The molecule has 2 aromatic carbocycles. The van der Waals surface area contributed by atoms with Crippen molar-refractivity contribution in [1.29, 1.82) is 0 Å². The van der Waals surface area contributed by atoms with E-state index >= 15 is 0 Å². The van der Waals surface area contributed by atoms with Gasteiger partial charge in [0.25, 0.3) is 5.69 Å². The molecule has 0 bridgehead atoms. The second-order valence-corrected chi connectivity index (χ2v) is 5.61. The molecular formula is C17H12BrNO5. The lowest BCUT2D eigenvalue weighted by atomic mass is 10.1. The van der Waals surface area contributed by atoms with E-state index in [4.69, 9.17) is 4.74 Å². The van der Waals surface area contributed by atoms with Crippen molar-refractivity contribution in [2.45, 2.75) is 0 Å². The number of carbonyl (C=O) groups is 2. The smallest absolute Gasteiger partial charge is 0.331 e. The Hall–Kier alpha value is -2.80. The van der Waals surface area contributed by atoms with Gasteiger partial charge in [0.2, 0.25) is 0 Å². The van der Waals surface area contributed by atoms with E-state index in [1.54, 1.807) is 30.3 Å². The Bertz CT molecular complexity index is 816. The summed E-state index contributed by atoms with van der Waals surface area (Å²) in [4.78, 5) is 33.9. The molecule has 2 aromatic rings. The molecule has 0 saturated carbocycles. The van der Waals surface area contributed by atoms with Gasteiger partial charge in [-0.25, -0.2) is 4.79 Å². The largest absolute Gasteiger partial charge is 0.454 e. The van der Waals surface area contributed by atoms with Crippen molar-refractivity contribution in [1.82, 2.24) is 0 Å². The first-order valence-corrected chi connectivity index (χ1v) is 7.63. The van der Waals surface area contributed by atoms with E-state index in [-0.39, 0.29) is 17.0 Å². The average Bonchev–Trinajstić information content (AvgIpc) is 2.58. The van der Waals surface area contributed by atoms with Crippen LogP contribution in [0.25, 0.3) is 6.08 Å². The van der Waals surface area contributed by atoms with Crippen molar-refractivity contribution in [2.24, 2.45) is 0 Å². The monoisotopic (exact) mass is 389 g/mol. The van der Waals surface area contributed by atoms with Crippen LogP contribution in [0.1, 0.15) is 15.9 Å². The number of nitro benzene ring substituents is 1. The fraction of sp³-hybridized carbons (Fsp3) is 0.0588. The molecule has 0 aliphatic heterocycles. The van der Waals surface area contributed by atoms with Gasteiger partial charge in [-0.15, -0.1) is 0 Å². The Balaban J connectivity index is 1.96. The second kappa shape index (κ2) is 8.16. The SMILES string of the molecule is O=C(/C=C/c1ccccc1[N+](=O)[O-])OCC(=O)c1cccc(Br)c1. The van der Waals surface area contributed by atoms with Crippen LogP contribution in [-0.2, 0) is 9.53 Å². The van der Waals surface area contributed by atoms with E-state index in [1.807, 2.05) is 0 Å². The quantitative estimate of drug-likeness (QED) is 0.246. The summed E-state index contributed by atoms with van der Waals surface area (Å²) in [5, 5.41) is 10.9. The summed E-state index contributed by atoms with van der Waals surface area (Å²) in [6, 6.07) is 12.7. The third-order valence-electron chi connectivity index (χ3n) is 3.02. The number of ketones is 1. The highest BCUT2D eigenvalue weighted by molar-refractivity contribution is 9.10. The number of hydrogen-bond donors (Lipinski definition) is 0. The highest BCUT2D eigenvalue weighted by atomic mass is 79.9. The van der Waals surface area contributed by atoms with Gasteiger partial charge in [0.15, 0.2) is 12.4 Å². The number of hydrogen-bond acceptors (Lipinski definition) is 5. The number of nitro groups is 1. The summed E-state index contributed by atoms with van der Waals surface area (Å²) in [5.41, 5.74) is 0.574. The first-order valence-electron chi connectivity index (χ1n) is 6.84. The van der Waals surface area contributed by atoms with Crippen molar-refractivity contribution in [3.8, 4) is 0 Å². The van der Waals surface area contributed by atoms with Gasteiger partial charge in [-0.3, -0.25) is 14.9 Å². The molecule has 0 heterocycles. The van der Waals surface area contributed by atoms with E-state index in [9.17, 15) is 19.7 Å². The number of rotatable bonds is 6. The summed E-state index contributed by atoms with van der Waals surface area (Å²) in [5.74, 6) is -1.10. The predicted molar refractivity (Wildman–Crippen MR) is 91.6 cm³/mol. The van der Waals surface area contributed by atoms with Gasteiger partial charge < -0.3 is 4.74 Å². The molecule has 0 saturated heterocycles. The summed E-state index contributed by atoms with van der Waals surface area (Å²) in [6.45, 7) is -0.406. The summed E-state index contributed by atoms with van der Waals surface area (Å²) >= 11 is 3.25. The number of ether oxygens (including phenoxy) is 1. The number of nitrogens with zero attached hydrogens (tertiary/aromatic N) is 1. The number of halogens is 1. The molecule has 0 spiro atoms. The van der Waals surface area contributed by atoms with Crippen LogP contribution in [0.4, 0.5) is 5.69 Å². The van der Waals surface area contributed by atoms with Gasteiger partial charge in [0, 0.05) is 22.2 Å². The molecule has 0 unspecified atom stereocenters. The van der Waals surface area contributed by atoms with Crippen molar-refractivity contribution in [3.05, 3.63) is 80.3 Å². The minimum absolute atomic E-state index is 0.119. The van der Waals surface area contributed by atoms with Gasteiger partial charge >= 0.3 is 5.97 Å². The number of Topliss-reactive ketones (excluding diaryl/α,β-unsaturated/α-hetero) is 1. The number of carbonyl (C=O) groups excluding carboxylic acids is 2. The van der Waals surface area contributed by atoms with Gasteiger partial charge in [0.05, 0.1) is 10.5 Å². The highest BCUT2D eigenvalue weighted by Crippen LogP contribution is 2.19. The zero-order valence-corrected chi connectivity index (χ0v) is 13.9. The van der Waals surface area contributed by atoms with Crippen LogP contribution >= 0.6 is 15.9 Å². The van der Waals surface area contributed by atoms with Crippen LogP contribution in [-0.4, -0.2) is 23.3 Å². The van der Waals surface area contributed by atoms with Crippen LogP contribution in [0.15, 0.2) is 59.1 Å². The normalized spacial score (nSPS) is 10.5. The number of esters is 1. The summed E-state index contributed by atoms with van der Waals surface area (Å²) in [7, 11) is 0. The van der Waals surface area contributed by atoms with Crippen molar-refractivity contribution < 1.29 is 19.2 Å². The molecule has 0 N–H and O–H groups in total. The molecule has 0 aliphatic rings. The molecule has 2 rings (SSSR count). The molecule has 0 aromatic heterocycles. The fourth-order valence-electron chi connectivity index (χ4n) is 1.88. The molecule has 0 amide bonds. The zero-order chi connectivity index (χ0) is 17.5. The van der Waals surface area contributed by atoms with Crippen LogP contribution < -0.4 is 0 Å². The Morgan fingerprint density at radius 3 is 2.62 bits per heavy atom. The van der Waals surface area contributed by atoms with Gasteiger partial charge in [-0.05, 0) is 24.3 Å². The Morgan fingerprint density at radius 1 is 1.17 bits per heavy atom. The molecule has 24 heavy (non-hydrogen) atoms. The lowest BCUT2D eigenvalue weighted by Crippen LogP contribution is -2.12. The second-order valence-electron chi connectivity index (χ2n) is 4.69. The van der Waals surface area contributed by atoms with E-state index in [0.29, 0.717) is 5.56 Å². The lowest BCUT2D eigenvalue weighted by molar-refractivity contribution is -0.385. The Morgan fingerprint density at radius 2 is 1.92 bits per heavy atom. The predicted octanol–water partition coefficient (Wildman–Crippen LogP) is 3.80. The van der Waals surface area contributed by atoms with Gasteiger partial charge in [-0.1, -0.05) is 40.2 Å². The summed E-state index contributed by atoms with van der Waals surface area (Å²) in [6.07, 6.45) is 2.33. The molecule has 7 heteroatoms. The van der Waals surface area contributed by atoms with Crippen LogP contribution in [0.5, 0.6) is 0 Å². The fourth-order valence-corrected chi connectivity index (χ4v) is 2.28. The maximum atomic E-state index is 11.9. The number of para-hydroxylation sites is 1. The van der Waals surface area contributed by atoms with Gasteiger partial charge in [-0.2, -0.15) is 0 Å². The Labute approximate surface area is 146 Å². The first-order chi connectivity index (χ1) is 11.5. The maximum Gasteiger partial charge on any atom is 0.331 e. The van der Waals surface area contributed by atoms with E-state index in [0.717, 1.165) is 10.5 Å². The highest BCUT2D eigenvalue weighted by Gasteiger charge is 2.11. The zero-order valence-electron chi connectivity index (χ0n) is 12.3. The average molecular weight is 390 g/mol. The molecule has 0 aliphatic carbocycles. The standard InChI is InChI=1S/C17H12BrNO5/c18-14-6-3-5-13(10-14)16(20)11-24-17(21)9-8-12-4-1-2-7-15(12)19(22)23/h1-10H,11H2/b9-8+. The van der Waals surface area contributed by atoms with Crippen LogP contribution in [0.2, 0.25) is 0 Å². The lowest BCUT2D eigenvalue weighted by Gasteiger charge is -2.02. The number of benzene rings is 2. The third-order valence-corrected chi connectivity index (χ3v) is 3.52. The Kier molecular flexibility index (Phi) is 5.97. The van der Waals surface area contributed by atoms with E-state index < -0.39 is 17.5 Å². The minimum Gasteiger partial charge on any atom is -0.454 e. The molecule has 0 fully saturated rings. The summed E-state index contributed by atoms with van der Waals surface area (Å²) < 4.78 is 5.61. The maximum absolute atomic E-state index is 11.9. The van der Waals surface area contributed by atoms with Crippen molar-refractivity contribution >= 4 is 39.4 Å². The first kappa shape index (κ1) is 17.6. The molecular weight excluding hydrogens is 378 g/mol. The van der Waals surface area contributed by atoms with Crippen LogP contribution in [0.3, 0.4) is 0 Å². The molecule has 6 nitrogen and oxygen atoms in total. The molecule has 0 atom stereocenters. The van der Waals surface area contributed by atoms with E-state index in [1.165, 1.54) is 24.3 Å².